The van der Waals surface area contributed by atoms with Crippen LogP contribution in [0.5, 0.6) is 0 Å². The van der Waals surface area contributed by atoms with Gasteiger partial charge in [-0.05, 0) is 36.0 Å². The number of fused-ring (bicyclic) bond motifs is 1. The number of aryl methyl sites for hydroxylation is 2. The van der Waals surface area contributed by atoms with Crippen molar-refractivity contribution in [3.05, 3.63) is 53.3 Å². The summed E-state index contributed by atoms with van der Waals surface area (Å²) in [6.07, 6.45) is 7.08. The first kappa shape index (κ1) is 14.8. The number of hydrogen-bond donors (Lipinski definition) is 0. The molecule has 1 atom stereocenters. The third-order valence-corrected chi connectivity index (χ3v) is 4.51. The lowest BCUT2D eigenvalue weighted by Crippen LogP contribution is -2.39. The first-order valence-corrected chi connectivity index (χ1v) is 8.04. The Labute approximate surface area is 131 Å². The highest BCUT2D eigenvalue weighted by molar-refractivity contribution is 5.77. The van der Waals surface area contributed by atoms with E-state index in [0.29, 0.717) is 6.42 Å². The lowest BCUT2D eigenvalue weighted by atomic mass is 9.91. The summed E-state index contributed by atoms with van der Waals surface area (Å²) in [6, 6.07) is 8.75. The minimum Gasteiger partial charge on any atom is -0.335 e. The molecule has 1 unspecified atom stereocenters. The average Bonchev–Trinajstić information content (AvgIpc) is 2.97. The third-order valence-electron chi connectivity index (χ3n) is 4.51. The van der Waals surface area contributed by atoms with Crippen LogP contribution in [0, 0.1) is 0 Å². The zero-order valence-electron chi connectivity index (χ0n) is 13.3. The van der Waals surface area contributed by atoms with E-state index in [-0.39, 0.29) is 11.9 Å². The van der Waals surface area contributed by atoms with E-state index in [1.807, 2.05) is 19.4 Å². The summed E-state index contributed by atoms with van der Waals surface area (Å²) in [6.45, 7) is 3.00. The Morgan fingerprint density at radius 1 is 1.36 bits per heavy atom. The van der Waals surface area contributed by atoms with Crippen LogP contribution in [0.15, 0.2) is 36.7 Å². The van der Waals surface area contributed by atoms with E-state index in [1.54, 1.807) is 4.68 Å². The fraction of sp³-hybridized carbons (Fsp3) is 0.444. The number of carbonyl (C=O) groups excluding carboxylic acids is 1. The topological polar surface area (TPSA) is 38.1 Å². The fourth-order valence-corrected chi connectivity index (χ4v) is 3.39. The quantitative estimate of drug-likeness (QED) is 0.870. The molecule has 0 fully saturated rings. The molecule has 2 heterocycles. The molecule has 3 rings (SSSR count). The molecule has 0 saturated heterocycles. The molecule has 4 heteroatoms. The summed E-state index contributed by atoms with van der Waals surface area (Å²) in [7, 11) is 1.90. The van der Waals surface area contributed by atoms with Crippen molar-refractivity contribution in [2.75, 3.05) is 6.54 Å². The Hall–Kier alpha value is -2.10. The molecule has 1 amide bonds. The first-order valence-electron chi connectivity index (χ1n) is 8.04. The normalized spacial score (nSPS) is 17.4. The van der Waals surface area contributed by atoms with Gasteiger partial charge in [0.25, 0.3) is 0 Å². The van der Waals surface area contributed by atoms with Gasteiger partial charge in [-0.1, -0.05) is 31.2 Å². The Morgan fingerprint density at radius 3 is 2.91 bits per heavy atom. The number of hydrogen-bond acceptors (Lipinski definition) is 2. The molecule has 2 aromatic rings. The van der Waals surface area contributed by atoms with Gasteiger partial charge in [-0.3, -0.25) is 9.48 Å². The minimum atomic E-state index is 0.228. The predicted molar refractivity (Wildman–Crippen MR) is 86.4 cm³/mol. The van der Waals surface area contributed by atoms with E-state index >= 15 is 0 Å². The molecule has 1 aliphatic rings. The molecular weight excluding hydrogens is 274 g/mol. The number of rotatable bonds is 4. The SMILES string of the molecule is CCC1c2ccccc2CCN1C(=O)CCc1cnn(C)c1. The molecule has 0 aliphatic carbocycles. The van der Waals surface area contributed by atoms with E-state index in [1.165, 1.54) is 11.1 Å². The molecule has 0 saturated carbocycles. The van der Waals surface area contributed by atoms with Crippen LogP contribution in [-0.4, -0.2) is 27.1 Å². The largest absolute Gasteiger partial charge is 0.335 e. The van der Waals surface area contributed by atoms with E-state index in [0.717, 1.165) is 31.4 Å². The van der Waals surface area contributed by atoms with Crippen molar-refractivity contribution >= 4 is 5.91 Å². The third kappa shape index (κ3) is 2.91. The Balaban J connectivity index is 1.70. The molecule has 1 aromatic carbocycles. The maximum atomic E-state index is 12.7. The number of benzene rings is 1. The molecular formula is C18H23N3O. The summed E-state index contributed by atoms with van der Waals surface area (Å²) in [5.74, 6) is 0.255. The molecule has 0 N–H and O–H groups in total. The van der Waals surface area contributed by atoms with Crippen LogP contribution in [0.3, 0.4) is 0 Å². The Kier molecular flexibility index (Phi) is 4.27. The first-order chi connectivity index (χ1) is 10.7. The van der Waals surface area contributed by atoms with Crippen molar-refractivity contribution in [2.45, 2.75) is 38.6 Å². The van der Waals surface area contributed by atoms with Crippen molar-refractivity contribution in [1.82, 2.24) is 14.7 Å². The van der Waals surface area contributed by atoms with Gasteiger partial charge < -0.3 is 4.90 Å². The zero-order chi connectivity index (χ0) is 15.5. The highest BCUT2D eigenvalue weighted by Crippen LogP contribution is 2.32. The van der Waals surface area contributed by atoms with E-state index < -0.39 is 0 Å². The van der Waals surface area contributed by atoms with E-state index in [2.05, 4.69) is 41.2 Å². The fourth-order valence-electron chi connectivity index (χ4n) is 3.39. The molecule has 1 aliphatic heterocycles. The average molecular weight is 297 g/mol. The van der Waals surface area contributed by atoms with Gasteiger partial charge in [0.2, 0.25) is 5.91 Å². The molecule has 4 nitrogen and oxygen atoms in total. The lowest BCUT2D eigenvalue weighted by Gasteiger charge is -2.37. The molecule has 0 radical (unpaired) electrons. The monoisotopic (exact) mass is 297 g/mol. The van der Waals surface area contributed by atoms with Crippen LogP contribution in [-0.2, 0) is 24.7 Å². The highest BCUT2D eigenvalue weighted by atomic mass is 16.2. The van der Waals surface area contributed by atoms with Crippen LogP contribution >= 0.6 is 0 Å². The van der Waals surface area contributed by atoms with Crippen molar-refractivity contribution in [2.24, 2.45) is 7.05 Å². The van der Waals surface area contributed by atoms with Crippen molar-refractivity contribution in [1.29, 1.82) is 0 Å². The maximum absolute atomic E-state index is 12.7. The minimum absolute atomic E-state index is 0.228. The van der Waals surface area contributed by atoms with E-state index in [4.69, 9.17) is 0 Å². The van der Waals surface area contributed by atoms with Crippen LogP contribution < -0.4 is 0 Å². The molecule has 0 bridgehead atoms. The summed E-state index contributed by atoms with van der Waals surface area (Å²) >= 11 is 0. The van der Waals surface area contributed by atoms with Gasteiger partial charge in [0.15, 0.2) is 0 Å². The van der Waals surface area contributed by atoms with Gasteiger partial charge in [-0.25, -0.2) is 0 Å². The summed E-state index contributed by atoms with van der Waals surface area (Å²) < 4.78 is 1.78. The zero-order valence-corrected chi connectivity index (χ0v) is 13.3. The smallest absolute Gasteiger partial charge is 0.223 e. The van der Waals surface area contributed by atoms with Gasteiger partial charge >= 0.3 is 0 Å². The van der Waals surface area contributed by atoms with Gasteiger partial charge in [-0.15, -0.1) is 0 Å². The van der Waals surface area contributed by atoms with Crippen molar-refractivity contribution in [3.8, 4) is 0 Å². The van der Waals surface area contributed by atoms with Crippen molar-refractivity contribution < 1.29 is 4.79 Å². The molecule has 116 valence electrons. The standard InChI is InChI=1S/C18H23N3O/c1-3-17-16-7-5-4-6-15(16)10-11-21(17)18(22)9-8-14-12-19-20(2)13-14/h4-7,12-13,17H,3,8-11H2,1-2H3. The molecule has 22 heavy (non-hydrogen) atoms. The summed E-state index contributed by atoms with van der Waals surface area (Å²) in [4.78, 5) is 14.7. The molecule has 0 spiro atoms. The van der Waals surface area contributed by atoms with Gasteiger partial charge in [0.05, 0.1) is 12.2 Å². The Bertz CT molecular complexity index is 662. The second-order valence-corrected chi connectivity index (χ2v) is 5.98. The van der Waals surface area contributed by atoms with Crippen LogP contribution in [0.2, 0.25) is 0 Å². The second kappa shape index (κ2) is 6.34. The summed E-state index contributed by atoms with van der Waals surface area (Å²) in [5.41, 5.74) is 3.85. The number of amides is 1. The van der Waals surface area contributed by atoms with Crippen LogP contribution in [0.25, 0.3) is 0 Å². The maximum Gasteiger partial charge on any atom is 0.223 e. The van der Waals surface area contributed by atoms with Gasteiger partial charge in [-0.2, -0.15) is 5.10 Å². The van der Waals surface area contributed by atoms with Gasteiger partial charge in [0, 0.05) is 26.2 Å². The molecule has 1 aromatic heterocycles. The summed E-state index contributed by atoms with van der Waals surface area (Å²) in [5, 5.41) is 4.16. The predicted octanol–water partition coefficient (Wildman–Crippen LogP) is 2.89. The lowest BCUT2D eigenvalue weighted by molar-refractivity contribution is -0.134. The number of aromatic nitrogens is 2. The second-order valence-electron chi connectivity index (χ2n) is 5.98. The van der Waals surface area contributed by atoms with E-state index in [9.17, 15) is 4.79 Å². The van der Waals surface area contributed by atoms with Crippen LogP contribution in [0.4, 0.5) is 0 Å². The van der Waals surface area contributed by atoms with Crippen molar-refractivity contribution in [3.63, 3.8) is 0 Å². The number of carbonyl (C=O) groups is 1. The Morgan fingerprint density at radius 2 is 2.18 bits per heavy atom. The van der Waals surface area contributed by atoms with Gasteiger partial charge in [0.1, 0.15) is 0 Å². The van der Waals surface area contributed by atoms with Crippen LogP contribution in [0.1, 0.15) is 42.5 Å². The number of nitrogens with zero attached hydrogens (tertiary/aromatic N) is 3. The highest BCUT2D eigenvalue weighted by Gasteiger charge is 2.28.